The van der Waals surface area contributed by atoms with Crippen molar-refractivity contribution in [2.24, 2.45) is 0 Å². The zero-order valence-corrected chi connectivity index (χ0v) is 14.5. The molecule has 0 aliphatic rings. The van der Waals surface area contributed by atoms with Crippen molar-refractivity contribution in [1.82, 2.24) is 0 Å². The van der Waals surface area contributed by atoms with Gasteiger partial charge in [0.05, 0.1) is 23.6 Å². The van der Waals surface area contributed by atoms with Crippen LogP contribution in [0.1, 0.15) is 35.3 Å². The molecule has 0 atom stereocenters. The Hall–Kier alpha value is -2.33. The molecule has 1 amide bonds. The molecule has 2 aromatic carbocycles. The van der Waals surface area contributed by atoms with Crippen LogP contribution in [0.15, 0.2) is 42.5 Å². The highest BCUT2D eigenvalue weighted by atomic mass is 35.5. The Bertz CT molecular complexity index is 726. The summed E-state index contributed by atoms with van der Waals surface area (Å²) in [6.45, 7) is 4.10. The van der Waals surface area contributed by atoms with E-state index in [9.17, 15) is 9.59 Å². The molecule has 126 valence electrons. The van der Waals surface area contributed by atoms with Crippen molar-refractivity contribution in [1.29, 1.82) is 0 Å². The normalized spacial score (nSPS) is 10.3. The van der Waals surface area contributed by atoms with Gasteiger partial charge in [0.1, 0.15) is 0 Å². The van der Waals surface area contributed by atoms with E-state index in [4.69, 9.17) is 16.3 Å². The predicted octanol–water partition coefficient (Wildman–Crippen LogP) is 4.26. The van der Waals surface area contributed by atoms with Crippen molar-refractivity contribution < 1.29 is 14.3 Å². The lowest BCUT2D eigenvalue weighted by Crippen LogP contribution is -2.14. The Morgan fingerprint density at radius 2 is 1.71 bits per heavy atom. The SMILES string of the molecule is CCOC(=O)c1ccc(NC(=O)Cc2ccc(CC)cc2)cc1Cl. The van der Waals surface area contributed by atoms with Gasteiger partial charge in [-0.05, 0) is 42.7 Å². The van der Waals surface area contributed by atoms with Gasteiger partial charge in [0.2, 0.25) is 5.91 Å². The van der Waals surface area contributed by atoms with Crippen molar-refractivity contribution in [2.75, 3.05) is 11.9 Å². The molecule has 0 aliphatic carbocycles. The van der Waals surface area contributed by atoms with Crippen LogP contribution in [-0.2, 0) is 22.4 Å². The molecule has 0 aromatic heterocycles. The van der Waals surface area contributed by atoms with Gasteiger partial charge in [0, 0.05) is 5.69 Å². The molecule has 0 saturated heterocycles. The second kappa shape index (κ2) is 8.50. The van der Waals surface area contributed by atoms with E-state index in [0.29, 0.717) is 5.69 Å². The minimum absolute atomic E-state index is 0.140. The summed E-state index contributed by atoms with van der Waals surface area (Å²) in [5.41, 5.74) is 3.01. The Morgan fingerprint density at radius 1 is 1.04 bits per heavy atom. The maximum atomic E-state index is 12.1. The van der Waals surface area contributed by atoms with Gasteiger partial charge in [-0.2, -0.15) is 0 Å². The third kappa shape index (κ3) is 4.83. The number of carbonyl (C=O) groups is 2. The van der Waals surface area contributed by atoms with Crippen LogP contribution in [0, 0.1) is 0 Å². The number of anilines is 1. The fraction of sp³-hybridized carbons (Fsp3) is 0.263. The molecule has 0 spiro atoms. The van der Waals surface area contributed by atoms with Gasteiger partial charge in [0.25, 0.3) is 0 Å². The van der Waals surface area contributed by atoms with Crippen molar-refractivity contribution in [3.05, 3.63) is 64.2 Å². The molecule has 0 fully saturated rings. The summed E-state index contributed by atoms with van der Waals surface area (Å²) in [4.78, 5) is 23.8. The van der Waals surface area contributed by atoms with E-state index >= 15 is 0 Å². The Morgan fingerprint density at radius 3 is 2.29 bits per heavy atom. The van der Waals surface area contributed by atoms with Crippen LogP contribution in [0.3, 0.4) is 0 Å². The van der Waals surface area contributed by atoms with Crippen LogP contribution < -0.4 is 5.32 Å². The number of esters is 1. The number of halogens is 1. The number of hydrogen-bond donors (Lipinski definition) is 1. The standard InChI is InChI=1S/C19H20ClNO3/c1-3-13-5-7-14(8-6-13)11-18(22)21-15-9-10-16(17(20)12-15)19(23)24-4-2/h5-10,12H,3-4,11H2,1-2H3,(H,21,22). The van der Waals surface area contributed by atoms with Crippen LogP contribution in [0.2, 0.25) is 5.02 Å². The van der Waals surface area contributed by atoms with E-state index in [-0.39, 0.29) is 29.5 Å². The highest BCUT2D eigenvalue weighted by molar-refractivity contribution is 6.34. The van der Waals surface area contributed by atoms with E-state index in [1.54, 1.807) is 25.1 Å². The molecular weight excluding hydrogens is 326 g/mol. The fourth-order valence-electron chi connectivity index (χ4n) is 2.25. The first-order valence-electron chi connectivity index (χ1n) is 7.87. The molecular formula is C19H20ClNO3. The third-order valence-electron chi connectivity index (χ3n) is 3.54. The first-order valence-corrected chi connectivity index (χ1v) is 8.25. The monoisotopic (exact) mass is 345 g/mol. The van der Waals surface area contributed by atoms with Crippen molar-refractivity contribution in [3.8, 4) is 0 Å². The Kier molecular flexibility index (Phi) is 6.38. The second-order valence-corrected chi connectivity index (χ2v) is 5.72. The van der Waals surface area contributed by atoms with Gasteiger partial charge in [-0.3, -0.25) is 4.79 Å². The lowest BCUT2D eigenvalue weighted by Gasteiger charge is -2.09. The lowest BCUT2D eigenvalue weighted by molar-refractivity contribution is -0.115. The largest absolute Gasteiger partial charge is 0.462 e. The van der Waals surface area contributed by atoms with Crippen LogP contribution in [-0.4, -0.2) is 18.5 Å². The molecule has 0 saturated carbocycles. The molecule has 1 N–H and O–H groups in total. The van der Waals surface area contributed by atoms with Crippen LogP contribution in [0.25, 0.3) is 0 Å². The summed E-state index contributed by atoms with van der Waals surface area (Å²) in [7, 11) is 0. The van der Waals surface area contributed by atoms with Crippen LogP contribution in [0.5, 0.6) is 0 Å². The first-order chi connectivity index (χ1) is 11.5. The molecule has 4 nitrogen and oxygen atoms in total. The van der Waals surface area contributed by atoms with Crippen molar-refractivity contribution in [3.63, 3.8) is 0 Å². The molecule has 5 heteroatoms. The van der Waals surface area contributed by atoms with Crippen molar-refractivity contribution in [2.45, 2.75) is 26.7 Å². The molecule has 0 heterocycles. The number of rotatable bonds is 6. The molecule has 24 heavy (non-hydrogen) atoms. The number of nitrogens with one attached hydrogen (secondary N) is 1. The maximum absolute atomic E-state index is 12.1. The summed E-state index contributed by atoms with van der Waals surface area (Å²) in [5.74, 6) is -0.615. The Labute approximate surface area is 146 Å². The Balaban J connectivity index is 2.00. The number of amides is 1. The smallest absolute Gasteiger partial charge is 0.339 e. The zero-order valence-electron chi connectivity index (χ0n) is 13.8. The molecule has 2 aromatic rings. The zero-order chi connectivity index (χ0) is 17.5. The average molecular weight is 346 g/mol. The van der Waals surface area contributed by atoms with Crippen LogP contribution >= 0.6 is 11.6 Å². The topological polar surface area (TPSA) is 55.4 Å². The summed E-state index contributed by atoms with van der Waals surface area (Å²) in [5, 5.41) is 3.03. The van der Waals surface area contributed by atoms with Crippen LogP contribution in [0.4, 0.5) is 5.69 Å². The highest BCUT2D eigenvalue weighted by Gasteiger charge is 2.12. The average Bonchev–Trinajstić information content (AvgIpc) is 2.55. The number of benzene rings is 2. The molecule has 2 rings (SSSR count). The highest BCUT2D eigenvalue weighted by Crippen LogP contribution is 2.22. The van der Waals surface area contributed by atoms with E-state index in [1.165, 1.54) is 5.56 Å². The summed E-state index contributed by atoms with van der Waals surface area (Å²) in [6, 6.07) is 12.7. The van der Waals surface area contributed by atoms with Gasteiger partial charge in [-0.15, -0.1) is 0 Å². The minimum Gasteiger partial charge on any atom is -0.462 e. The first kappa shape index (κ1) is 18.0. The quantitative estimate of drug-likeness (QED) is 0.796. The maximum Gasteiger partial charge on any atom is 0.339 e. The number of carbonyl (C=O) groups excluding carboxylic acids is 2. The molecule has 0 bridgehead atoms. The summed E-state index contributed by atoms with van der Waals surface area (Å²) < 4.78 is 4.92. The molecule has 0 aliphatic heterocycles. The van der Waals surface area contributed by atoms with Gasteiger partial charge < -0.3 is 10.1 Å². The molecule has 0 radical (unpaired) electrons. The number of hydrogen-bond acceptors (Lipinski definition) is 3. The fourth-order valence-corrected chi connectivity index (χ4v) is 2.51. The van der Waals surface area contributed by atoms with E-state index < -0.39 is 5.97 Å². The predicted molar refractivity (Wildman–Crippen MR) is 95.6 cm³/mol. The van der Waals surface area contributed by atoms with Gasteiger partial charge in [-0.25, -0.2) is 4.79 Å². The summed E-state index contributed by atoms with van der Waals surface area (Å²) >= 11 is 6.08. The minimum atomic E-state index is -0.476. The van der Waals surface area contributed by atoms with Gasteiger partial charge in [-0.1, -0.05) is 42.8 Å². The number of aryl methyl sites for hydroxylation is 1. The van der Waals surface area contributed by atoms with Gasteiger partial charge >= 0.3 is 5.97 Å². The number of ether oxygens (including phenoxy) is 1. The lowest BCUT2D eigenvalue weighted by atomic mass is 10.1. The van der Waals surface area contributed by atoms with E-state index in [2.05, 4.69) is 12.2 Å². The van der Waals surface area contributed by atoms with E-state index in [1.807, 2.05) is 24.3 Å². The summed E-state index contributed by atoms with van der Waals surface area (Å²) in [6.07, 6.45) is 1.25. The van der Waals surface area contributed by atoms with Crippen molar-refractivity contribution >= 4 is 29.2 Å². The second-order valence-electron chi connectivity index (χ2n) is 5.31. The van der Waals surface area contributed by atoms with E-state index in [0.717, 1.165) is 12.0 Å². The third-order valence-corrected chi connectivity index (χ3v) is 3.86. The molecule has 0 unspecified atom stereocenters. The van der Waals surface area contributed by atoms with Gasteiger partial charge in [0.15, 0.2) is 0 Å².